The van der Waals surface area contributed by atoms with Crippen LogP contribution in [0.25, 0.3) is 11.2 Å². The van der Waals surface area contributed by atoms with Gasteiger partial charge in [0.1, 0.15) is 24.6 Å². The number of nitrogens with one attached hydrogen (secondary N) is 3. The molecular formula is C36H41N7O6. The van der Waals surface area contributed by atoms with E-state index in [2.05, 4.69) is 25.6 Å². The fraction of sp³-hybridized carbons (Fsp3) is 0.306. The van der Waals surface area contributed by atoms with Crippen molar-refractivity contribution in [3.05, 3.63) is 112 Å². The number of hydrogen-bond acceptors (Lipinski definition) is 9. The monoisotopic (exact) mass is 667 g/mol. The molecule has 0 radical (unpaired) electrons. The summed E-state index contributed by atoms with van der Waals surface area (Å²) in [6, 6.07) is 25.3. The molecule has 2 aromatic heterocycles. The molecule has 49 heavy (non-hydrogen) atoms. The summed E-state index contributed by atoms with van der Waals surface area (Å²) in [5.41, 5.74) is 1.71. The zero-order valence-electron chi connectivity index (χ0n) is 28.0. The highest BCUT2D eigenvalue weighted by molar-refractivity contribution is 5.82. The molecule has 0 unspecified atom stereocenters. The zero-order valence-corrected chi connectivity index (χ0v) is 28.0. The van der Waals surface area contributed by atoms with Gasteiger partial charge in [0.05, 0.1) is 26.1 Å². The van der Waals surface area contributed by atoms with Crippen LogP contribution in [0.5, 0.6) is 11.5 Å². The molecule has 3 aromatic carbocycles. The lowest BCUT2D eigenvalue weighted by Crippen LogP contribution is -2.49. The first-order chi connectivity index (χ1) is 23.6. The van der Waals surface area contributed by atoms with E-state index in [1.165, 1.54) is 15.8 Å². The van der Waals surface area contributed by atoms with Crippen LogP contribution in [0.3, 0.4) is 0 Å². The van der Waals surface area contributed by atoms with Crippen molar-refractivity contribution in [2.75, 3.05) is 45.7 Å². The lowest BCUT2D eigenvalue weighted by atomic mass is 9.77. The first kappa shape index (κ1) is 34.6. The lowest BCUT2D eigenvalue weighted by molar-refractivity contribution is -0.144. The van der Waals surface area contributed by atoms with Gasteiger partial charge < -0.3 is 29.4 Å². The molecule has 0 aliphatic carbocycles. The molecular weight excluding hydrogens is 626 g/mol. The SMILES string of the molecule is COc1ccc(C(NCCN(CC(=O)O)C(=O)Cn2cnc3c(=O)[nH]c(NCC(C)C)nc32)(c2ccccc2)c2ccc(OC)cc2)cc1. The topological polar surface area (TPSA) is 164 Å². The maximum atomic E-state index is 13.7. The van der Waals surface area contributed by atoms with Crippen molar-refractivity contribution in [3.63, 3.8) is 0 Å². The average Bonchev–Trinajstić information content (AvgIpc) is 3.52. The predicted octanol–water partition coefficient (Wildman–Crippen LogP) is 3.70. The standard InChI is InChI=1S/C36H41N7O6/c1-24(2)20-37-35-40-33-32(34(47)41-35)38-23-43(33)21-30(44)42(22-31(45)46)19-18-39-36(25-8-6-5-7-9-25,26-10-14-28(48-3)15-11-26)27-12-16-29(49-4)17-13-27/h5-17,23-24,39H,18-22H2,1-4H3,(H,45,46)(H2,37,40,41,47). The Morgan fingerprint density at radius 1 is 0.939 bits per heavy atom. The van der Waals surface area contributed by atoms with Crippen LogP contribution in [0, 0.1) is 5.92 Å². The largest absolute Gasteiger partial charge is 0.497 e. The Morgan fingerprint density at radius 3 is 2.08 bits per heavy atom. The quantitative estimate of drug-likeness (QED) is 0.114. The zero-order chi connectivity index (χ0) is 35.0. The van der Waals surface area contributed by atoms with Crippen molar-refractivity contribution in [2.45, 2.75) is 25.9 Å². The number of rotatable bonds is 16. The van der Waals surface area contributed by atoms with Crippen molar-refractivity contribution in [1.82, 2.24) is 29.7 Å². The smallest absolute Gasteiger partial charge is 0.323 e. The second-order valence-corrected chi connectivity index (χ2v) is 11.9. The Kier molecular flexibility index (Phi) is 10.9. The molecule has 0 spiro atoms. The molecule has 5 aromatic rings. The molecule has 0 aliphatic rings. The Bertz CT molecular complexity index is 1870. The molecule has 0 aliphatic heterocycles. The molecule has 13 heteroatoms. The average molecular weight is 668 g/mol. The molecule has 0 bridgehead atoms. The molecule has 0 saturated heterocycles. The van der Waals surface area contributed by atoms with E-state index >= 15 is 0 Å². The van der Waals surface area contributed by atoms with E-state index in [1.54, 1.807) is 14.2 Å². The predicted molar refractivity (Wildman–Crippen MR) is 186 cm³/mol. The molecule has 1 amide bonds. The summed E-state index contributed by atoms with van der Waals surface area (Å²) < 4.78 is 12.3. The van der Waals surface area contributed by atoms with Crippen molar-refractivity contribution >= 4 is 29.0 Å². The van der Waals surface area contributed by atoms with E-state index in [0.29, 0.717) is 24.0 Å². The number of nitrogens with zero attached hydrogens (tertiary/aromatic N) is 4. The third-order valence-electron chi connectivity index (χ3n) is 8.16. The molecule has 5 rings (SSSR count). The number of carbonyl (C=O) groups excluding carboxylic acids is 1. The second-order valence-electron chi connectivity index (χ2n) is 11.9. The van der Waals surface area contributed by atoms with Crippen LogP contribution in [0.15, 0.2) is 90.0 Å². The number of H-pyrrole nitrogens is 1. The number of aliphatic carboxylic acids is 1. The molecule has 256 valence electrons. The summed E-state index contributed by atoms with van der Waals surface area (Å²) >= 11 is 0. The van der Waals surface area contributed by atoms with Gasteiger partial charge in [0, 0.05) is 19.6 Å². The number of anilines is 1. The van der Waals surface area contributed by atoms with Gasteiger partial charge in [-0.2, -0.15) is 4.98 Å². The third-order valence-corrected chi connectivity index (χ3v) is 8.16. The fourth-order valence-electron chi connectivity index (χ4n) is 5.71. The van der Waals surface area contributed by atoms with Crippen LogP contribution in [-0.2, 0) is 21.7 Å². The summed E-state index contributed by atoms with van der Waals surface area (Å²) in [5, 5.41) is 16.6. The molecule has 0 atom stereocenters. The number of carboxylic acid groups (broad SMARTS) is 1. The molecule has 4 N–H and O–H groups in total. The number of fused-ring (bicyclic) bond motifs is 1. The number of aromatic nitrogens is 4. The van der Waals surface area contributed by atoms with Crippen LogP contribution in [0.1, 0.15) is 30.5 Å². The minimum atomic E-state index is -1.15. The van der Waals surface area contributed by atoms with E-state index in [9.17, 15) is 19.5 Å². The first-order valence-corrected chi connectivity index (χ1v) is 15.9. The maximum absolute atomic E-state index is 13.7. The number of ether oxygens (including phenoxy) is 2. The van der Waals surface area contributed by atoms with Gasteiger partial charge in [-0.25, -0.2) is 4.98 Å². The molecule has 0 fully saturated rings. The molecule has 0 saturated carbocycles. The Balaban J connectivity index is 1.45. The number of carbonyl (C=O) groups is 2. The van der Waals surface area contributed by atoms with Gasteiger partial charge in [0.25, 0.3) is 5.56 Å². The highest BCUT2D eigenvalue weighted by Crippen LogP contribution is 2.38. The maximum Gasteiger partial charge on any atom is 0.323 e. The van der Waals surface area contributed by atoms with Crippen LogP contribution in [-0.4, -0.2) is 81.8 Å². The van der Waals surface area contributed by atoms with Gasteiger partial charge in [-0.15, -0.1) is 0 Å². The number of methoxy groups -OCH3 is 2. The van der Waals surface area contributed by atoms with Crippen LogP contribution < -0.4 is 25.7 Å². The molecule has 13 nitrogen and oxygen atoms in total. The van der Waals surface area contributed by atoms with Crippen molar-refractivity contribution in [3.8, 4) is 11.5 Å². The minimum Gasteiger partial charge on any atom is -0.497 e. The van der Waals surface area contributed by atoms with Gasteiger partial charge in [-0.1, -0.05) is 68.4 Å². The van der Waals surface area contributed by atoms with Crippen molar-refractivity contribution in [2.24, 2.45) is 5.92 Å². The van der Waals surface area contributed by atoms with Gasteiger partial charge in [-0.3, -0.25) is 24.7 Å². The van der Waals surface area contributed by atoms with E-state index in [4.69, 9.17) is 9.47 Å². The summed E-state index contributed by atoms with van der Waals surface area (Å²) in [6.45, 7) is 4.13. The Morgan fingerprint density at radius 2 is 1.53 bits per heavy atom. The van der Waals surface area contributed by atoms with Crippen molar-refractivity contribution < 1.29 is 24.2 Å². The number of imidazole rings is 1. The van der Waals surface area contributed by atoms with Gasteiger partial charge >= 0.3 is 5.97 Å². The number of benzene rings is 3. The Labute approximate surface area is 283 Å². The normalized spacial score (nSPS) is 11.4. The van der Waals surface area contributed by atoms with Crippen LogP contribution in [0.4, 0.5) is 5.95 Å². The number of carboxylic acids is 1. The fourth-order valence-corrected chi connectivity index (χ4v) is 5.71. The third kappa shape index (κ3) is 7.90. The van der Waals surface area contributed by atoms with Crippen LogP contribution >= 0.6 is 0 Å². The van der Waals surface area contributed by atoms with Gasteiger partial charge in [0.15, 0.2) is 11.2 Å². The van der Waals surface area contributed by atoms with E-state index in [0.717, 1.165) is 16.7 Å². The minimum absolute atomic E-state index is 0.0634. The highest BCUT2D eigenvalue weighted by Gasteiger charge is 2.36. The van der Waals surface area contributed by atoms with E-state index < -0.39 is 29.5 Å². The summed E-state index contributed by atoms with van der Waals surface area (Å²) in [5.74, 6) is 0.344. The van der Waals surface area contributed by atoms with E-state index in [1.807, 2.05) is 92.7 Å². The van der Waals surface area contributed by atoms with Crippen LogP contribution in [0.2, 0.25) is 0 Å². The summed E-state index contributed by atoms with van der Waals surface area (Å²) in [7, 11) is 3.22. The lowest BCUT2D eigenvalue weighted by Gasteiger charge is -2.38. The van der Waals surface area contributed by atoms with E-state index in [-0.39, 0.29) is 36.7 Å². The second kappa shape index (κ2) is 15.5. The Hall–Kier alpha value is -5.69. The summed E-state index contributed by atoms with van der Waals surface area (Å²) in [6.07, 6.45) is 1.36. The van der Waals surface area contributed by atoms with Gasteiger partial charge in [-0.05, 0) is 46.9 Å². The highest BCUT2D eigenvalue weighted by atomic mass is 16.5. The number of amides is 1. The number of aromatic amines is 1. The van der Waals surface area contributed by atoms with Gasteiger partial charge in [0.2, 0.25) is 11.9 Å². The summed E-state index contributed by atoms with van der Waals surface area (Å²) in [4.78, 5) is 50.9. The number of hydrogen-bond donors (Lipinski definition) is 4. The molecule has 2 heterocycles. The first-order valence-electron chi connectivity index (χ1n) is 15.9. The van der Waals surface area contributed by atoms with Crippen molar-refractivity contribution in [1.29, 1.82) is 0 Å².